The summed E-state index contributed by atoms with van der Waals surface area (Å²) < 4.78 is 11.7. The van der Waals surface area contributed by atoms with Crippen LogP contribution in [0.2, 0.25) is 10.0 Å². The minimum atomic E-state index is 0.0534. The highest BCUT2D eigenvalue weighted by Gasteiger charge is 2.28. The summed E-state index contributed by atoms with van der Waals surface area (Å²) in [4.78, 5) is 2.46. The lowest BCUT2D eigenvalue weighted by molar-refractivity contribution is 0.0679. The van der Waals surface area contributed by atoms with Crippen molar-refractivity contribution in [1.82, 2.24) is 15.1 Å². The van der Waals surface area contributed by atoms with E-state index in [9.17, 15) is 0 Å². The number of nitrogens with zero attached hydrogens (tertiary/aromatic N) is 3. The van der Waals surface area contributed by atoms with Crippen LogP contribution in [0.4, 0.5) is 6.01 Å². The third kappa shape index (κ3) is 6.38. The molecule has 3 aromatic rings. The molecule has 1 saturated heterocycles. The summed E-state index contributed by atoms with van der Waals surface area (Å²) in [7, 11) is 0. The molecule has 1 fully saturated rings. The molecule has 2 heterocycles. The number of ether oxygens (including phenoxy) is 1. The van der Waals surface area contributed by atoms with Gasteiger partial charge in [-0.3, -0.25) is 4.90 Å². The lowest BCUT2D eigenvalue weighted by Gasteiger charge is -2.36. The maximum atomic E-state index is 6.44. The second kappa shape index (κ2) is 11.2. The van der Waals surface area contributed by atoms with Gasteiger partial charge in [0.2, 0.25) is 5.89 Å². The van der Waals surface area contributed by atoms with E-state index in [1.165, 1.54) is 5.56 Å². The molecule has 1 aliphatic rings. The van der Waals surface area contributed by atoms with Crippen molar-refractivity contribution >= 4 is 29.2 Å². The van der Waals surface area contributed by atoms with Crippen molar-refractivity contribution in [2.75, 3.05) is 25.4 Å². The van der Waals surface area contributed by atoms with E-state index >= 15 is 0 Å². The maximum Gasteiger partial charge on any atom is 0.313 e. The van der Waals surface area contributed by atoms with E-state index in [4.69, 9.17) is 43.8 Å². The number of hydrogen-bond acceptors (Lipinski definition) is 7. The van der Waals surface area contributed by atoms with E-state index < -0.39 is 0 Å². The Labute approximate surface area is 204 Å². The molecule has 1 aromatic heterocycles. The summed E-state index contributed by atoms with van der Waals surface area (Å²) in [6.07, 6.45) is 4.17. The molecule has 4 N–H and O–H groups in total. The van der Waals surface area contributed by atoms with Crippen molar-refractivity contribution in [1.29, 1.82) is 0 Å². The van der Waals surface area contributed by atoms with Gasteiger partial charge in [0.05, 0.1) is 10.0 Å². The van der Waals surface area contributed by atoms with E-state index in [0.717, 1.165) is 56.6 Å². The number of benzene rings is 2. The fourth-order valence-electron chi connectivity index (χ4n) is 4.29. The van der Waals surface area contributed by atoms with Gasteiger partial charge in [0.25, 0.3) is 0 Å². The van der Waals surface area contributed by atoms with Crippen LogP contribution in [-0.4, -0.2) is 40.8 Å². The van der Waals surface area contributed by atoms with Gasteiger partial charge in [-0.05, 0) is 93.2 Å². The average molecular weight is 490 g/mol. The molecule has 33 heavy (non-hydrogen) atoms. The molecule has 2 aromatic carbocycles. The highest BCUT2D eigenvalue weighted by molar-refractivity contribution is 6.42. The normalized spacial score (nSPS) is 16.1. The Morgan fingerprint density at radius 2 is 1.82 bits per heavy atom. The Morgan fingerprint density at radius 3 is 2.45 bits per heavy atom. The molecule has 1 aliphatic heterocycles. The first-order valence-corrected chi connectivity index (χ1v) is 12.0. The molecule has 0 spiro atoms. The van der Waals surface area contributed by atoms with E-state index in [-0.39, 0.29) is 12.1 Å². The number of piperidine rings is 1. The van der Waals surface area contributed by atoms with Crippen LogP contribution in [0.1, 0.15) is 31.2 Å². The minimum Gasteiger partial charge on any atom is -0.490 e. The van der Waals surface area contributed by atoms with Crippen molar-refractivity contribution in [3.63, 3.8) is 0 Å². The number of halogens is 2. The summed E-state index contributed by atoms with van der Waals surface area (Å²) in [6, 6.07) is 13.6. The summed E-state index contributed by atoms with van der Waals surface area (Å²) >= 11 is 12.2. The van der Waals surface area contributed by atoms with Gasteiger partial charge >= 0.3 is 6.01 Å². The number of hydrogen-bond donors (Lipinski definition) is 2. The zero-order chi connectivity index (χ0) is 23.2. The number of likely N-dealkylation sites (tertiary alicyclic amines) is 1. The number of aromatic nitrogens is 2. The first-order chi connectivity index (χ1) is 16.0. The van der Waals surface area contributed by atoms with Crippen LogP contribution in [-0.2, 0) is 6.54 Å². The molecule has 4 rings (SSSR count). The van der Waals surface area contributed by atoms with E-state index in [1.807, 2.05) is 42.5 Å². The first-order valence-electron chi connectivity index (χ1n) is 11.2. The lowest BCUT2D eigenvalue weighted by Crippen LogP contribution is -2.39. The number of rotatable bonds is 9. The van der Waals surface area contributed by atoms with Crippen molar-refractivity contribution < 1.29 is 9.15 Å². The van der Waals surface area contributed by atoms with Crippen LogP contribution in [0.25, 0.3) is 11.5 Å². The third-order valence-corrected chi connectivity index (χ3v) is 6.81. The van der Waals surface area contributed by atoms with E-state index in [1.54, 1.807) is 0 Å². The second-order valence-electron chi connectivity index (χ2n) is 8.42. The summed E-state index contributed by atoms with van der Waals surface area (Å²) in [5, 5.41) is 8.82. The highest BCUT2D eigenvalue weighted by atomic mass is 35.5. The van der Waals surface area contributed by atoms with Crippen LogP contribution < -0.4 is 16.2 Å². The number of nitrogens with two attached hydrogens (primary N) is 2. The minimum absolute atomic E-state index is 0.0534. The molecular weight excluding hydrogens is 461 g/mol. The Morgan fingerprint density at radius 1 is 1.06 bits per heavy atom. The molecule has 1 atom stereocenters. The Bertz CT molecular complexity index is 1040. The van der Waals surface area contributed by atoms with Gasteiger partial charge in [-0.1, -0.05) is 34.4 Å². The van der Waals surface area contributed by atoms with Gasteiger partial charge in [0, 0.05) is 12.1 Å². The van der Waals surface area contributed by atoms with Crippen LogP contribution in [0.15, 0.2) is 46.9 Å². The largest absolute Gasteiger partial charge is 0.490 e. The van der Waals surface area contributed by atoms with Crippen LogP contribution in [0.5, 0.6) is 5.75 Å². The number of nitrogen functional groups attached to an aromatic ring is 1. The predicted molar refractivity (Wildman–Crippen MR) is 131 cm³/mol. The molecule has 0 saturated carbocycles. The third-order valence-electron chi connectivity index (χ3n) is 6.07. The maximum absolute atomic E-state index is 6.44. The number of anilines is 1. The standard InChI is InChI=1S/C24H29Cl2N5O2/c25-20-8-3-16(14-21(20)26)15-31-12-9-17(10-13-31)22(2-1-11-27)32-19-6-4-18(5-7-19)23-29-30-24(28)33-23/h3-8,14,17,22H,1-2,9-13,15,27H2,(H2,28,30). The Hall–Kier alpha value is -2.32. The molecular formula is C24H29Cl2N5O2. The van der Waals surface area contributed by atoms with E-state index in [0.29, 0.717) is 28.4 Å². The predicted octanol–water partition coefficient (Wildman–Crippen LogP) is 5.02. The first kappa shape index (κ1) is 23.8. The van der Waals surface area contributed by atoms with Crippen molar-refractivity contribution in [2.45, 2.75) is 38.3 Å². The summed E-state index contributed by atoms with van der Waals surface area (Å²) in [6.45, 7) is 3.57. The topological polar surface area (TPSA) is 103 Å². The lowest BCUT2D eigenvalue weighted by atomic mass is 9.88. The zero-order valence-electron chi connectivity index (χ0n) is 18.4. The Kier molecular flexibility index (Phi) is 8.09. The SMILES string of the molecule is NCCCC(Oc1ccc(-c2nnc(N)o2)cc1)C1CCN(Cc2ccc(Cl)c(Cl)c2)CC1. The Balaban J connectivity index is 1.35. The van der Waals surface area contributed by atoms with Gasteiger partial charge in [0.15, 0.2) is 0 Å². The van der Waals surface area contributed by atoms with Gasteiger partial charge in [-0.25, -0.2) is 0 Å². The smallest absolute Gasteiger partial charge is 0.313 e. The fourth-order valence-corrected chi connectivity index (χ4v) is 4.61. The molecule has 7 nitrogen and oxygen atoms in total. The summed E-state index contributed by atoms with van der Waals surface area (Å²) in [5.74, 6) is 1.71. The van der Waals surface area contributed by atoms with Crippen molar-refractivity contribution in [3.8, 4) is 17.2 Å². The molecule has 176 valence electrons. The van der Waals surface area contributed by atoms with E-state index in [2.05, 4.69) is 15.1 Å². The van der Waals surface area contributed by atoms with Gasteiger partial charge in [0.1, 0.15) is 11.9 Å². The molecule has 0 amide bonds. The molecule has 9 heteroatoms. The monoisotopic (exact) mass is 489 g/mol. The molecule has 0 aliphatic carbocycles. The quantitative estimate of drug-likeness (QED) is 0.434. The summed E-state index contributed by atoms with van der Waals surface area (Å²) in [5.41, 5.74) is 13.3. The van der Waals surface area contributed by atoms with Crippen molar-refractivity contribution in [2.24, 2.45) is 11.7 Å². The molecule has 0 bridgehead atoms. The van der Waals surface area contributed by atoms with Crippen LogP contribution in [0, 0.1) is 5.92 Å². The fraction of sp³-hybridized carbons (Fsp3) is 0.417. The van der Waals surface area contributed by atoms with Crippen LogP contribution >= 0.6 is 23.2 Å². The molecule has 1 unspecified atom stereocenters. The molecule has 0 radical (unpaired) electrons. The second-order valence-corrected chi connectivity index (χ2v) is 9.23. The van der Waals surface area contributed by atoms with Crippen LogP contribution in [0.3, 0.4) is 0 Å². The van der Waals surface area contributed by atoms with Gasteiger partial charge in [-0.15, -0.1) is 5.10 Å². The van der Waals surface area contributed by atoms with Gasteiger partial charge in [-0.2, -0.15) is 0 Å². The zero-order valence-corrected chi connectivity index (χ0v) is 19.9. The highest BCUT2D eigenvalue weighted by Crippen LogP contribution is 2.30. The van der Waals surface area contributed by atoms with Gasteiger partial charge < -0.3 is 20.6 Å². The average Bonchev–Trinajstić information content (AvgIpc) is 3.26. The van der Waals surface area contributed by atoms with Crippen molar-refractivity contribution in [3.05, 3.63) is 58.1 Å².